The molecule has 0 unspecified atom stereocenters. The smallest absolute Gasteiger partial charge is 0.321 e. The Morgan fingerprint density at radius 2 is 1.64 bits per heavy atom. The second-order valence-electron chi connectivity index (χ2n) is 9.65. The van der Waals surface area contributed by atoms with Gasteiger partial charge in [0.1, 0.15) is 11.6 Å². The van der Waals surface area contributed by atoms with Gasteiger partial charge < -0.3 is 10.1 Å². The van der Waals surface area contributed by atoms with E-state index in [9.17, 15) is 4.79 Å². The Labute approximate surface area is 168 Å². The maximum Gasteiger partial charge on any atom is 0.321 e. The second-order valence-corrected chi connectivity index (χ2v) is 9.65. The highest BCUT2D eigenvalue weighted by molar-refractivity contribution is 5.89. The number of nitrogens with one attached hydrogen (secondary N) is 2. The van der Waals surface area contributed by atoms with Gasteiger partial charge in [0.2, 0.25) is 0 Å². The number of carbonyl (C=O) groups is 1. The number of ether oxygens (including phenoxy) is 1. The number of amides is 2. The van der Waals surface area contributed by atoms with Crippen LogP contribution in [0, 0.1) is 0 Å². The topological polar surface area (TPSA) is 68.2 Å². The first-order chi connectivity index (χ1) is 12.8. The molecule has 0 fully saturated rings. The molecule has 2 amide bonds. The highest BCUT2D eigenvalue weighted by atomic mass is 16.5. The first-order valence-electron chi connectivity index (χ1n) is 9.59. The van der Waals surface area contributed by atoms with Gasteiger partial charge in [-0.2, -0.15) is 5.10 Å². The lowest BCUT2D eigenvalue weighted by Crippen LogP contribution is -2.44. The Morgan fingerprint density at radius 1 is 1.04 bits per heavy atom. The van der Waals surface area contributed by atoms with Gasteiger partial charge in [-0.1, -0.05) is 39.0 Å². The number of para-hydroxylation sites is 1. The molecule has 1 aromatic carbocycles. The number of hydrogen-bond donors (Lipinski definition) is 2. The van der Waals surface area contributed by atoms with Crippen molar-refractivity contribution in [1.29, 1.82) is 0 Å². The summed E-state index contributed by atoms with van der Waals surface area (Å²) < 4.78 is 7.31. The van der Waals surface area contributed by atoms with Gasteiger partial charge in [-0.3, -0.25) is 5.32 Å². The fraction of sp³-hybridized carbons (Fsp3) is 0.545. The SMILES string of the molecule is COc1ccccc1C(C)(C)NC(=O)Nc1cc(C(C)(C)C)nn1C(C)(C)C. The lowest BCUT2D eigenvalue weighted by Gasteiger charge is -2.29. The van der Waals surface area contributed by atoms with E-state index in [1.165, 1.54) is 0 Å². The summed E-state index contributed by atoms with van der Waals surface area (Å²) in [6, 6.07) is 9.34. The molecule has 6 nitrogen and oxygen atoms in total. The van der Waals surface area contributed by atoms with Crippen molar-refractivity contribution in [2.45, 2.75) is 71.9 Å². The standard InChI is InChI=1S/C22H34N4O2/c1-20(2,3)17-14-18(26(25-17)21(4,5)6)23-19(27)24-22(7,8)15-12-10-11-13-16(15)28-9/h10-14H,1-9H3,(H2,23,24,27). The molecule has 1 heterocycles. The van der Waals surface area contributed by atoms with Gasteiger partial charge in [0.15, 0.2) is 0 Å². The first kappa shape index (κ1) is 21.8. The van der Waals surface area contributed by atoms with Gasteiger partial charge in [-0.05, 0) is 40.7 Å². The van der Waals surface area contributed by atoms with Crippen molar-refractivity contribution in [1.82, 2.24) is 15.1 Å². The van der Waals surface area contributed by atoms with Crippen molar-refractivity contribution in [3.8, 4) is 5.75 Å². The molecule has 6 heteroatoms. The summed E-state index contributed by atoms with van der Waals surface area (Å²) in [4.78, 5) is 12.8. The van der Waals surface area contributed by atoms with Gasteiger partial charge in [-0.25, -0.2) is 9.48 Å². The van der Waals surface area contributed by atoms with Crippen LogP contribution in [-0.4, -0.2) is 22.9 Å². The molecule has 0 aliphatic rings. The molecule has 2 rings (SSSR count). The van der Waals surface area contributed by atoms with E-state index in [4.69, 9.17) is 9.84 Å². The van der Waals surface area contributed by atoms with Gasteiger partial charge in [0.25, 0.3) is 0 Å². The van der Waals surface area contributed by atoms with Crippen molar-refractivity contribution in [2.75, 3.05) is 12.4 Å². The molecule has 154 valence electrons. The monoisotopic (exact) mass is 386 g/mol. The number of benzene rings is 1. The second kappa shape index (κ2) is 7.49. The zero-order valence-corrected chi connectivity index (χ0v) is 18.6. The molecule has 0 saturated carbocycles. The lowest BCUT2D eigenvalue weighted by molar-refractivity contribution is 0.240. The van der Waals surface area contributed by atoms with Gasteiger partial charge in [0.05, 0.1) is 23.9 Å². The number of nitrogens with zero attached hydrogens (tertiary/aromatic N) is 2. The Morgan fingerprint density at radius 3 is 2.18 bits per heavy atom. The van der Waals surface area contributed by atoms with E-state index in [1.54, 1.807) is 7.11 Å². The third-order valence-corrected chi connectivity index (χ3v) is 4.56. The molecular weight excluding hydrogens is 352 g/mol. The minimum atomic E-state index is -0.615. The summed E-state index contributed by atoms with van der Waals surface area (Å²) in [5.74, 6) is 1.41. The predicted molar refractivity (Wildman–Crippen MR) is 114 cm³/mol. The summed E-state index contributed by atoms with van der Waals surface area (Å²) in [5.41, 5.74) is 0.856. The minimum Gasteiger partial charge on any atom is -0.496 e. The zero-order valence-electron chi connectivity index (χ0n) is 18.6. The fourth-order valence-corrected chi connectivity index (χ4v) is 3.01. The van der Waals surface area contributed by atoms with E-state index in [1.807, 2.05) is 48.9 Å². The fourth-order valence-electron chi connectivity index (χ4n) is 3.01. The van der Waals surface area contributed by atoms with E-state index in [-0.39, 0.29) is 17.0 Å². The van der Waals surface area contributed by atoms with Crippen LogP contribution < -0.4 is 15.4 Å². The Bertz CT molecular complexity index is 839. The van der Waals surface area contributed by atoms with Crippen LogP contribution in [0.15, 0.2) is 30.3 Å². The van der Waals surface area contributed by atoms with Crippen LogP contribution in [0.2, 0.25) is 0 Å². The average Bonchev–Trinajstić information content (AvgIpc) is 2.98. The third kappa shape index (κ3) is 4.86. The van der Waals surface area contributed by atoms with E-state index in [0.29, 0.717) is 5.82 Å². The van der Waals surface area contributed by atoms with E-state index >= 15 is 0 Å². The number of aromatic nitrogens is 2. The number of carbonyl (C=O) groups excluding carboxylic acids is 1. The van der Waals surface area contributed by atoms with Crippen LogP contribution in [-0.2, 0) is 16.5 Å². The zero-order chi connectivity index (χ0) is 21.3. The highest BCUT2D eigenvalue weighted by Gasteiger charge is 2.29. The van der Waals surface area contributed by atoms with Gasteiger partial charge in [0, 0.05) is 17.0 Å². The molecule has 0 radical (unpaired) electrons. The highest BCUT2D eigenvalue weighted by Crippen LogP contribution is 2.30. The van der Waals surface area contributed by atoms with Crippen LogP contribution in [0.5, 0.6) is 5.75 Å². The molecular formula is C22H34N4O2. The van der Waals surface area contributed by atoms with Crippen molar-refractivity contribution in [3.05, 3.63) is 41.6 Å². The van der Waals surface area contributed by atoms with Crippen molar-refractivity contribution in [3.63, 3.8) is 0 Å². The number of anilines is 1. The molecule has 0 bridgehead atoms. The summed E-state index contributed by atoms with van der Waals surface area (Å²) in [7, 11) is 1.63. The number of rotatable bonds is 4. The maximum absolute atomic E-state index is 12.8. The van der Waals surface area contributed by atoms with Crippen molar-refractivity contribution < 1.29 is 9.53 Å². The van der Waals surface area contributed by atoms with Crippen LogP contribution in [0.3, 0.4) is 0 Å². The molecule has 2 aromatic rings. The maximum atomic E-state index is 12.8. The Hall–Kier alpha value is -2.50. The van der Waals surface area contributed by atoms with Crippen LogP contribution in [0.4, 0.5) is 10.6 Å². The van der Waals surface area contributed by atoms with Gasteiger partial charge in [-0.15, -0.1) is 0 Å². The van der Waals surface area contributed by atoms with Crippen LogP contribution >= 0.6 is 0 Å². The van der Waals surface area contributed by atoms with Crippen LogP contribution in [0.1, 0.15) is 66.6 Å². The minimum absolute atomic E-state index is 0.111. The Balaban J connectivity index is 2.28. The lowest BCUT2D eigenvalue weighted by atomic mass is 9.92. The van der Waals surface area contributed by atoms with Gasteiger partial charge >= 0.3 is 6.03 Å². The summed E-state index contributed by atoms with van der Waals surface area (Å²) in [6.07, 6.45) is 0. The molecule has 0 spiro atoms. The molecule has 1 aromatic heterocycles. The molecule has 0 atom stereocenters. The molecule has 0 aliphatic heterocycles. The summed E-state index contributed by atoms with van der Waals surface area (Å²) in [5, 5.41) is 10.8. The number of hydrogen-bond acceptors (Lipinski definition) is 3. The van der Waals surface area contributed by atoms with Crippen LogP contribution in [0.25, 0.3) is 0 Å². The Kier molecular flexibility index (Phi) is 5.83. The normalized spacial score (nSPS) is 12.6. The quantitative estimate of drug-likeness (QED) is 0.777. The van der Waals surface area contributed by atoms with E-state index in [2.05, 4.69) is 52.2 Å². The van der Waals surface area contributed by atoms with E-state index < -0.39 is 5.54 Å². The number of urea groups is 1. The van der Waals surface area contributed by atoms with Crippen molar-refractivity contribution in [2.24, 2.45) is 0 Å². The average molecular weight is 387 g/mol. The van der Waals surface area contributed by atoms with E-state index in [0.717, 1.165) is 17.0 Å². The van der Waals surface area contributed by atoms with Crippen molar-refractivity contribution >= 4 is 11.8 Å². The molecule has 0 aliphatic carbocycles. The number of methoxy groups -OCH3 is 1. The summed E-state index contributed by atoms with van der Waals surface area (Å²) in [6.45, 7) is 16.4. The predicted octanol–water partition coefficient (Wildman–Crippen LogP) is 5.00. The molecule has 28 heavy (non-hydrogen) atoms. The first-order valence-corrected chi connectivity index (χ1v) is 9.59. The largest absolute Gasteiger partial charge is 0.496 e. The molecule has 2 N–H and O–H groups in total. The third-order valence-electron chi connectivity index (χ3n) is 4.56. The summed E-state index contributed by atoms with van der Waals surface area (Å²) >= 11 is 0. The molecule has 0 saturated heterocycles.